The lowest BCUT2D eigenvalue weighted by atomic mass is 9.88. The fourth-order valence-electron chi connectivity index (χ4n) is 3.75. The Kier molecular flexibility index (Phi) is 5.20. The van der Waals surface area contributed by atoms with E-state index in [1.807, 2.05) is 17.0 Å². The van der Waals surface area contributed by atoms with Gasteiger partial charge in [0.2, 0.25) is 0 Å². The fraction of sp³-hybridized carbons (Fsp3) is 0.167. The lowest BCUT2D eigenvalue weighted by molar-refractivity contribution is -0.605. The van der Waals surface area contributed by atoms with Crippen LogP contribution in [0.4, 0.5) is 0 Å². The molecule has 2 aromatic carbocycles. The zero-order chi connectivity index (χ0) is 19.3. The first-order valence-corrected chi connectivity index (χ1v) is 9.53. The predicted octanol–water partition coefficient (Wildman–Crippen LogP) is 4.06. The second-order valence-electron chi connectivity index (χ2n) is 6.95. The standard InChI is InChI=1S/C24H22N2O2/c27-24(22-13-17-26(28)18-14-22)25-15-11-21(12-16-25)23(19-7-3-1-4-8-19)20-9-5-2-6-10-20/h1-10,13-14,17-18H,11-12,15-16H2. The Balaban J connectivity index is 1.59. The van der Waals surface area contributed by atoms with Crippen LogP contribution < -0.4 is 4.73 Å². The van der Waals surface area contributed by atoms with Crippen LogP contribution in [0.25, 0.3) is 5.57 Å². The summed E-state index contributed by atoms with van der Waals surface area (Å²) in [5, 5.41) is 11.2. The van der Waals surface area contributed by atoms with Crippen molar-refractivity contribution in [3.63, 3.8) is 0 Å². The predicted molar refractivity (Wildman–Crippen MR) is 109 cm³/mol. The Morgan fingerprint density at radius 3 is 1.75 bits per heavy atom. The molecule has 28 heavy (non-hydrogen) atoms. The molecule has 1 aliphatic heterocycles. The largest absolute Gasteiger partial charge is 0.619 e. The van der Waals surface area contributed by atoms with Gasteiger partial charge in [0.05, 0.1) is 5.56 Å². The summed E-state index contributed by atoms with van der Waals surface area (Å²) in [5.41, 5.74) is 5.65. The smallest absolute Gasteiger partial charge is 0.254 e. The number of pyridine rings is 1. The molecule has 0 N–H and O–H groups in total. The van der Waals surface area contributed by atoms with E-state index in [0.717, 1.165) is 12.8 Å². The summed E-state index contributed by atoms with van der Waals surface area (Å²) in [6.07, 6.45) is 4.43. The Morgan fingerprint density at radius 2 is 1.25 bits per heavy atom. The van der Waals surface area contributed by atoms with E-state index in [-0.39, 0.29) is 5.91 Å². The maximum absolute atomic E-state index is 12.7. The molecular formula is C24H22N2O2. The van der Waals surface area contributed by atoms with Crippen molar-refractivity contribution >= 4 is 11.5 Å². The van der Waals surface area contributed by atoms with E-state index in [1.54, 1.807) is 12.1 Å². The van der Waals surface area contributed by atoms with E-state index >= 15 is 0 Å². The van der Waals surface area contributed by atoms with Gasteiger partial charge in [-0.25, -0.2) is 0 Å². The van der Waals surface area contributed by atoms with Crippen molar-refractivity contribution in [3.8, 4) is 0 Å². The van der Waals surface area contributed by atoms with Gasteiger partial charge in [-0.1, -0.05) is 66.2 Å². The van der Waals surface area contributed by atoms with Gasteiger partial charge in [0.15, 0.2) is 12.4 Å². The molecule has 0 radical (unpaired) electrons. The number of amides is 1. The average molecular weight is 370 g/mol. The second-order valence-corrected chi connectivity index (χ2v) is 6.95. The zero-order valence-electron chi connectivity index (χ0n) is 15.6. The molecule has 0 bridgehead atoms. The number of hydrogen-bond acceptors (Lipinski definition) is 2. The van der Waals surface area contributed by atoms with Crippen LogP contribution in [0.15, 0.2) is 90.8 Å². The lowest BCUT2D eigenvalue weighted by Gasteiger charge is -2.30. The summed E-state index contributed by atoms with van der Waals surface area (Å²) in [6, 6.07) is 24.1. The molecule has 0 atom stereocenters. The van der Waals surface area contributed by atoms with Crippen LogP contribution in [0, 0.1) is 5.21 Å². The minimum absolute atomic E-state index is 0.0133. The summed E-state index contributed by atoms with van der Waals surface area (Å²) in [6.45, 7) is 1.37. The molecule has 3 aromatic rings. The Hall–Kier alpha value is -3.40. The van der Waals surface area contributed by atoms with E-state index < -0.39 is 0 Å². The minimum atomic E-state index is -0.0133. The van der Waals surface area contributed by atoms with Crippen molar-refractivity contribution in [2.45, 2.75) is 12.8 Å². The van der Waals surface area contributed by atoms with Crippen LogP contribution >= 0.6 is 0 Å². The first-order valence-electron chi connectivity index (χ1n) is 9.53. The highest BCUT2D eigenvalue weighted by molar-refractivity contribution is 5.94. The number of hydrogen-bond donors (Lipinski definition) is 0. The van der Waals surface area contributed by atoms with E-state index in [9.17, 15) is 10.0 Å². The van der Waals surface area contributed by atoms with Gasteiger partial charge in [0, 0.05) is 25.2 Å². The normalized spacial score (nSPS) is 14.0. The number of nitrogens with zero attached hydrogens (tertiary/aromatic N) is 2. The monoisotopic (exact) mass is 370 g/mol. The molecule has 1 fully saturated rings. The average Bonchev–Trinajstić information content (AvgIpc) is 2.76. The maximum Gasteiger partial charge on any atom is 0.254 e. The SMILES string of the molecule is O=C(c1cc[n+]([O-])cc1)N1CCC(=C(c2ccccc2)c2ccccc2)CC1. The summed E-state index contributed by atoms with van der Waals surface area (Å²) >= 11 is 0. The number of benzene rings is 2. The molecule has 140 valence electrons. The molecule has 4 nitrogen and oxygen atoms in total. The number of piperidine rings is 1. The van der Waals surface area contributed by atoms with Gasteiger partial charge in [-0.2, -0.15) is 4.73 Å². The molecule has 1 saturated heterocycles. The van der Waals surface area contributed by atoms with Gasteiger partial charge in [0.25, 0.3) is 5.91 Å². The summed E-state index contributed by atoms with van der Waals surface area (Å²) in [5.74, 6) is -0.0133. The van der Waals surface area contributed by atoms with Gasteiger partial charge in [-0.15, -0.1) is 0 Å². The summed E-state index contributed by atoms with van der Waals surface area (Å²) < 4.78 is 0.694. The minimum Gasteiger partial charge on any atom is -0.619 e. The van der Waals surface area contributed by atoms with Crippen molar-refractivity contribution in [1.29, 1.82) is 0 Å². The van der Waals surface area contributed by atoms with Crippen molar-refractivity contribution < 1.29 is 9.52 Å². The molecule has 0 aliphatic carbocycles. The zero-order valence-corrected chi connectivity index (χ0v) is 15.6. The quantitative estimate of drug-likeness (QED) is 0.516. The molecule has 1 amide bonds. The topological polar surface area (TPSA) is 47.2 Å². The molecule has 0 saturated carbocycles. The molecule has 0 spiro atoms. The number of carbonyl (C=O) groups excluding carboxylic acids is 1. The lowest BCUT2D eigenvalue weighted by Crippen LogP contribution is -2.37. The summed E-state index contributed by atoms with van der Waals surface area (Å²) in [4.78, 5) is 14.6. The van der Waals surface area contributed by atoms with E-state index in [1.165, 1.54) is 34.7 Å². The molecule has 4 rings (SSSR count). The molecule has 1 aliphatic rings. The van der Waals surface area contributed by atoms with Crippen molar-refractivity contribution in [2.24, 2.45) is 0 Å². The summed E-state index contributed by atoms with van der Waals surface area (Å²) in [7, 11) is 0. The van der Waals surface area contributed by atoms with Crippen LogP contribution in [0.5, 0.6) is 0 Å². The van der Waals surface area contributed by atoms with Crippen molar-refractivity contribution in [1.82, 2.24) is 4.90 Å². The van der Waals surface area contributed by atoms with Gasteiger partial charge >= 0.3 is 0 Å². The fourth-order valence-corrected chi connectivity index (χ4v) is 3.75. The Bertz CT molecular complexity index is 929. The van der Waals surface area contributed by atoms with Gasteiger partial charge < -0.3 is 10.1 Å². The van der Waals surface area contributed by atoms with Gasteiger partial charge in [-0.3, -0.25) is 4.79 Å². The van der Waals surface area contributed by atoms with Gasteiger partial charge in [0.1, 0.15) is 0 Å². The third-order valence-corrected chi connectivity index (χ3v) is 5.18. The third kappa shape index (κ3) is 3.81. The maximum atomic E-state index is 12.7. The van der Waals surface area contributed by atoms with Crippen LogP contribution in [0.3, 0.4) is 0 Å². The number of aromatic nitrogens is 1. The first kappa shape index (κ1) is 18.0. The molecule has 2 heterocycles. The van der Waals surface area contributed by atoms with E-state index in [4.69, 9.17) is 0 Å². The molecule has 4 heteroatoms. The molecular weight excluding hydrogens is 348 g/mol. The van der Waals surface area contributed by atoms with Crippen LogP contribution in [0.1, 0.15) is 34.3 Å². The molecule has 1 aromatic heterocycles. The number of carbonyl (C=O) groups is 1. The molecule has 0 unspecified atom stereocenters. The van der Waals surface area contributed by atoms with Crippen LogP contribution in [0.2, 0.25) is 0 Å². The highest BCUT2D eigenvalue weighted by atomic mass is 16.5. The number of rotatable bonds is 3. The Labute approximate surface area is 165 Å². The van der Waals surface area contributed by atoms with Gasteiger partial charge in [-0.05, 0) is 29.5 Å². The highest BCUT2D eigenvalue weighted by Gasteiger charge is 2.23. The highest BCUT2D eigenvalue weighted by Crippen LogP contribution is 2.32. The number of likely N-dealkylation sites (tertiary alicyclic amines) is 1. The van der Waals surface area contributed by atoms with Crippen molar-refractivity contribution in [3.05, 3.63) is 113 Å². The van der Waals surface area contributed by atoms with Crippen LogP contribution in [-0.4, -0.2) is 23.9 Å². The first-order chi connectivity index (χ1) is 13.7. The second kappa shape index (κ2) is 8.09. The van der Waals surface area contributed by atoms with E-state index in [0.29, 0.717) is 23.4 Å². The van der Waals surface area contributed by atoms with Crippen molar-refractivity contribution in [2.75, 3.05) is 13.1 Å². The van der Waals surface area contributed by atoms with E-state index in [2.05, 4.69) is 48.5 Å². The van der Waals surface area contributed by atoms with Crippen LogP contribution in [-0.2, 0) is 0 Å². The Morgan fingerprint density at radius 1 is 0.750 bits per heavy atom. The third-order valence-electron chi connectivity index (χ3n) is 5.18.